The molecular weight excluding hydrogens is 312 g/mol. The highest BCUT2D eigenvalue weighted by Gasteiger charge is 2.33. The first-order chi connectivity index (χ1) is 11.0. The molecular formula is C17H26N2O3S. The summed E-state index contributed by atoms with van der Waals surface area (Å²) in [6.07, 6.45) is 1.60. The Morgan fingerprint density at radius 1 is 1.17 bits per heavy atom. The van der Waals surface area contributed by atoms with Crippen LogP contribution < -0.4 is 0 Å². The predicted octanol–water partition coefficient (Wildman–Crippen LogP) is 2.24. The lowest BCUT2D eigenvalue weighted by Crippen LogP contribution is -2.44. The van der Waals surface area contributed by atoms with Gasteiger partial charge in [0.25, 0.3) is 0 Å². The van der Waals surface area contributed by atoms with Crippen molar-refractivity contribution in [2.75, 3.05) is 18.8 Å². The van der Waals surface area contributed by atoms with Crippen LogP contribution in [0.5, 0.6) is 0 Å². The Balaban J connectivity index is 2.19. The number of rotatable bonds is 6. The topological polar surface area (TPSA) is 57.7 Å². The summed E-state index contributed by atoms with van der Waals surface area (Å²) in [4.78, 5) is 14.4. The molecule has 0 aliphatic carbocycles. The number of hydrogen-bond donors (Lipinski definition) is 0. The lowest BCUT2D eigenvalue weighted by atomic mass is 10.1. The summed E-state index contributed by atoms with van der Waals surface area (Å²) < 4.78 is 26.2. The highest BCUT2D eigenvalue weighted by molar-refractivity contribution is 7.89. The van der Waals surface area contributed by atoms with Crippen LogP contribution in [0, 0.1) is 0 Å². The standard InChI is InChI=1S/C17H26N2O3S/c1-3-12-23(21,22)18-11-10-17(20)19(16(4-2)14-18)13-15-8-6-5-7-9-15/h5-9,16H,3-4,10-14H2,1-2H3/t16-/m0/s1. The van der Waals surface area contributed by atoms with Crippen molar-refractivity contribution in [3.8, 4) is 0 Å². The average Bonchev–Trinajstić information content (AvgIpc) is 2.69. The van der Waals surface area contributed by atoms with Gasteiger partial charge in [0.1, 0.15) is 0 Å². The number of amides is 1. The van der Waals surface area contributed by atoms with E-state index in [1.165, 1.54) is 4.31 Å². The number of carbonyl (C=O) groups is 1. The highest BCUT2D eigenvalue weighted by atomic mass is 32.2. The van der Waals surface area contributed by atoms with Gasteiger partial charge in [0.15, 0.2) is 0 Å². The van der Waals surface area contributed by atoms with Crippen LogP contribution in [0.3, 0.4) is 0 Å². The maximum atomic E-state index is 12.5. The molecule has 1 amide bonds. The predicted molar refractivity (Wildman–Crippen MR) is 91.3 cm³/mol. The second kappa shape index (κ2) is 7.93. The summed E-state index contributed by atoms with van der Waals surface area (Å²) in [6, 6.07) is 9.78. The molecule has 128 valence electrons. The van der Waals surface area contributed by atoms with Gasteiger partial charge in [0, 0.05) is 32.1 Å². The molecule has 6 heteroatoms. The number of nitrogens with zero attached hydrogens (tertiary/aromatic N) is 2. The van der Waals surface area contributed by atoms with E-state index in [1.807, 2.05) is 49.1 Å². The molecule has 1 aliphatic rings. The second-order valence-corrected chi connectivity index (χ2v) is 8.08. The molecule has 1 heterocycles. The van der Waals surface area contributed by atoms with Crippen molar-refractivity contribution in [2.45, 2.75) is 45.7 Å². The SMILES string of the molecule is CCCS(=O)(=O)N1CCC(=O)N(Cc2ccccc2)[C@@H](CC)C1. The zero-order valence-corrected chi connectivity index (χ0v) is 14.8. The van der Waals surface area contributed by atoms with Crippen molar-refractivity contribution >= 4 is 15.9 Å². The number of sulfonamides is 1. The summed E-state index contributed by atoms with van der Waals surface area (Å²) in [6.45, 7) is 5.10. The summed E-state index contributed by atoms with van der Waals surface area (Å²) in [7, 11) is -3.27. The third kappa shape index (κ3) is 4.54. The van der Waals surface area contributed by atoms with Crippen molar-refractivity contribution in [3.05, 3.63) is 35.9 Å². The Morgan fingerprint density at radius 2 is 1.87 bits per heavy atom. The van der Waals surface area contributed by atoms with Gasteiger partial charge in [-0.25, -0.2) is 8.42 Å². The van der Waals surface area contributed by atoms with Crippen LogP contribution in [-0.4, -0.2) is 48.4 Å². The molecule has 2 rings (SSSR count). The Hall–Kier alpha value is -1.40. The average molecular weight is 338 g/mol. The van der Waals surface area contributed by atoms with E-state index in [0.29, 0.717) is 26.1 Å². The minimum atomic E-state index is -3.27. The maximum Gasteiger partial charge on any atom is 0.224 e. The van der Waals surface area contributed by atoms with Crippen molar-refractivity contribution in [1.82, 2.24) is 9.21 Å². The lowest BCUT2D eigenvalue weighted by molar-refractivity contribution is -0.133. The summed E-state index contributed by atoms with van der Waals surface area (Å²) >= 11 is 0. The monoisotopic (exact) mass is 338 g/mol. The minimum absolute atomic E-state index is 0.0369. The summed E-state index contributed by atoms with van der Waals surface area (Å²) in [5.74, 6) is 0.186. The van der Waals surface area contributed by atoms with Crippen LogP contribution in [0.25, 0.3) is 0 Å². The Labute approximate surface area is 139 Å². The molecule has 0 N–H and O–H groups in total. The van der Waals surface area contributed by atoms with Gasteiger partial charge in [0.05, 0.1) is 5.75 Å². The molecule has 1 aromatic carbocycles. The quantitative estimate of drug-likeness (QED) is 0.799. The van der Waals surface area contributed by atoms with E-state index in [0.717, 1.165) is 12.0 Å². The molecule has 0 saturated carbocycles. The normalized spacial score (nSPS) is 20.5. The first-order valence-corrected chi connectivity index (χ1v) is 9.90. The minimum Gasteiger partial charge on any atom is -0.334 e. The number of hydrogen-bond acceptors (Lipinski definition) is 3. The Bertz CT molecular complexity index is 616. The zero-order valence-electron chi connectivity index (χ0n) is 13.9. The van der Waals surface area contributed by atoms with Crippen molar-refractivity contribution in [3.63, 3.8) is 0 Å². The van der Waals surface area contributed by atoms with Gasteiger partial charge in [-0.1, -0.05) is 44.2 Å². The van der Waals surface area contributed by atoms with Crippen LogP contribution in [0.4, 0.5) is 0 Å². The fraction of sp³-hybridized carbons (Fsp3) is 0.588. The fourth-order valence-corrected chi connectivity index (χ4v) is 4.52. The fourth-order valence-electron chi connectivity index (χ4n) is 2.98. The van der Waals surface area contributed by atoms with Gasteiger partial charge < -0.3 is 4.90 Å². The molecule has 1 atom stereocenters. The summed E-state index contributed by atoms with van der Waals surface area (Å²) in [5, 5.41) is 0. The molecule has 0 aromatic heterocycles. The van der Waals surface area contributed by atoms with Crippen molar-refractivity contribution in [1.29, 1.82) is 0 Å². The van der Waals surface area contributed by atoms with E-state index in [9.17, 15) is 13.2 Å². The second-order valence-electron chi connectivity index (χ2n) is 5.99. The third-order valence-electron chi connectivity index (χ3n) is 4.27. The van der Waals surface area contributed by atoms with Crippen LogP contribution in [0.2, 0.25) is 0 Å². The Morgan fingerprint density at radius 3 is 2.48 bits per heavy atom. The molecule has 1 fully saturated rings. The maximum absolute atomic E-state index is 12.5. The molecule has 0 unspecified atom stereocenters. The largest absolute Gasteiger partial charge is 0.334 e. The smallest absolute Gasteiger partial charge is 0.224 e. The molecule has 1 saturated heterocycles. The van der Waals surface area contributed by atoms with Crippen molar-refractivity contribution < 1.29 is 13.2 Å². The van der Waals surface area contributed by atoms with Gasteiger partial charge in [-0.3, -0.25) is 4.79 Å². The van der Waals surface area contributed by atoms with Gasteiger partial charge in [0.2, 0.25) is 15.9 Å². The van der Waals surface area contributed by atoms with Gasteiger partial charge in [-0.2, -0.15) is 4.31 Å². The van der Waals surface area contributed by atoms with Crippen LogP contribution in [0.15, 0.2) is 30.3 Å². The number of carbonyl (C=O) groups excluding carboxylic acids is 1. The molecule has 0 spiro atoms. The summed E-state index contributed by atoms with van der Waals surface area (Å²) in [5.41, 5.74) is 1.07. The highest BCUT2D eigenvalue weighted by Crippen LogP contribution is 2.20. The van der Waals surface area contributed by atoms with E-state index in [4.69, 9.17) is 0 Å². The molecule has 1 aliphatic heterocycles. The van der Waals surface area contributed by atoms with Gasteiger partial charge >= 0.3 is 0 Å². The van der Waals surface area contributed by atoms with E-state index in [2.05, 4.69) is 0 Å². The van der Waals surface area contributed by atoms with Crippen LogP contribution in [-0.2, 0) is 21.4 Å². The Kier molecular flexibility index (Phi) is 6.18. The van der Waals surface area contributed by atoms with Crippen LogP contribution in [0.1, 0.15) is 38.7 Å². The first kappa shape index (κ1) is 17.9. The molecule has 23 heavy (non-hydrogen) atoms. The first-order valence-electron chi connectivity index (χ1n) is 8.29. The van der Waals surface area contributed by atoms with E-state index >= 15 is 0 Å². The molecule has 5 nitrogen and oxygen atoms in total. The van der Waals surface area contributed by atoms with Gasteiger partial charge in [-0.15, -0.1) is 0 Å². The van der Waals surface area contributed by atoms with E-state index in [1.54, 1.807) is 0 Å². The molecule has 0 bridgehead atoms. The van der Waals surface area contributed by atoms with Gasteiger partial charge in [-0.05, 0) is 18.4 Å². The molecule has 1 aromatic rings. The number of benzene rings is 1. The van der Waals surface area contributed by atoms with Crippen molar-refractivity contribution in [2.24, 2.45) is 0 Å². The zero-order chi connectivity index (χ0) is 16.9. The van der Waals surface area contributed by atoms with Crippen LogP contribution >= 0.6 is 0 Å². The third-order valence-corrected chi connectivity index (χ3v) is 6.32. The lowest BCUT2D eigenvalue weighted by Gasteiger charge is -2.31. The van der Waals surface area contributed by atoms with E-state index < -0.39 is 10.0 Å². The molecule has 0 radical (unpaired) electrons. The van der Waals surface area contributed by atoms with E-state index in [-0.39, 0.29) is 24.1 Å².